The molecule has 0 aliphatic heterocycles. The lowest BCUT2D eigenvalue weighted by Gasteiger charge is -2.09. The quantitative estimate of drug-likeness (QED) is 0.707. The van der Waals surface area contributed by atoms with Crippen LogP contribution < -0.4 is 10.6 Å². The number of rotatable bonds is 5. The summed E-state index contributed by atoms with van der Waals surface area (Å²) in [5.41, 5.74) is 2.94. The van der Waals surface area contributed by atoms with Gasteiger partial charge in [-0.1, -0.05) is 18.2 Å². The van der Waals surface area contributed by atoms with Crippen molar-refractivity contribution < 1.29 is 0 Å². The molecule has 1 aromatic carbocycles. The molecule has 0 atom stereocenters. The largest absolute Gasteiger partial charge is 0.368 e. The van der Waals surface area contributed by atoms with Crippen LogP contribution in [0.3, 0.4) is 0 Å². The minimum Gasteiger partial charge on any atom is -0.368 e. The number of nitrogens with zero attached hydrogens (tertiary/aromatic N) is 3. The molecular formula is C17H19N5. The van der Waals surface area contributed by atoms with E-state index in [4.69, 9.17) is 0 Å². The molecule has 0 amide bonds. The third-order valence-electron chi connectivity index (χ3n) is 3.29. The van der Waals surface area contributed by atoms with E-state index < -0.39 is 0 Å². The summed E-state index contributed by atoms with van der Waals surface area (Å²) in [5, 5.41) is 7.68. The van der Waals surface area contributed by atoms with Gasteiger partial charge in [-0.05, 0) is 38.1 Å². The molecule has 0 fully saturated rings. The molecule has 3 rings (SSSR count). The maximum absolute atomic E-state index is 4.58. The van der Waals surface area contributed by atoms with Crippen LogP contribution >= 0.6 is 0 Å². The number of fused-ring (bicyclic) bond motifs is 1. The molecule has 0 aliphatic rings. The Kier molecular flexibility index (Phi) is 4.14. The van der Waals surface area contributed by atoms with Crippen molar-refractivity contribution in [2.45, 2.75) is 13.8 Å². The topological polar surface area (TPSA) is 62.7 Å². The molecule has 0 saturated heterocycles. The number of hydrogen-bond donors (Lipinski definition) is 2. The van der Waals surface area contributed by atoms with E-state index >= 15 is 0 Å². The zero-order valence-electron chi connectivity index (χ0n) is 12.8. The van der Waals surface area contributed by atoms with Crippen LogP contribution in [0.2, 0.25) is 0 Å². The number of benzene rings is 1. The summed E-state index contributed by atoms with van der Waals surface area (Å²) in [6.07, 6.45) is 0. The number of anilines is 2. The third kappa shape index (κ3) is 3.49. The predicted octanol–water partition coefficient (Wildman–Crippen LogP) is 3.17. The highest BCUT2D eigenvalue weighted by atomic mass is 15.1. The second-order valence-corrected chi connectivity index (χ2v) is 5.22. The van der Waals surface area contributed by atoms with E-state index in [1.165, 1.54) is 0 Å². The lowest BCUT2D eigenvalue weighted by Crippen LogP contribution is -2.16. The lowest BCUT2D eigenvalue weighted by atomic mass is 10.2. The maximum Gasteiger partial charge on any atom is 0.223 e. The zero-order valence-corrected chi connectivity index (χ0v) is 12.8. The number of nitrogens with one attached hydrogen (secondary N) is 2. The van der Waals surface area contributed by atoms with Gasteiger partial charge in [-0.25, -0.2) is 15.0 Å². The molecule has 0 radical (unpaired) electrons. The van der Waals surface area contributed by atoms with E-state index in [0.29, 0.717) is 5.95 Å². The highest BCUT2D eigenvalue weighted by Gasteiger charge is 1.99. The summed E-state index contributed by atoms with van der Waals surface area (Å²) in [6.45, 7) is 5.42. The van der Waals surface area contributed by atoms with E-state index in [1.807, 2.05) is 44.2 Å². The van der Waals surface area contributed by atoms with Crippen LogP contribution in [-0.4, -0.2) is 28.0 Å². The molecule has 2 heterocycles. The van der Waals surface area contributed by atoms with Crippen molar-refractivity contribution in [3.63, 3.8) is 0 Å². The van der Waals surface area contributed by atoms with Gasteiger partial charge >= 0.3 is 0 Å². The van der Waals surface area contributed by atoms with Crippen molar-refractivity contribution >= 4 is 22.7 Å². The van der Waals surface area contributed by atoms with Crippen molar-refractivity contribution in [1.29, 1.82) is 0 Å². The van der Waals surface area contributed by atoms with Crippen LogP contribution in [0.15, 0.2) is 42.5 Å². The van der Waals surface area contributed by atoms with Gasteiger partial charge in [0.05, 0.1) is 5.52 Å². The maximum atomic E-state index is 4.58. The molecule has 5 heteroatoms. The van der Waals surface area contributed by atoms with E-state index in [-0.39, 0.29) is 0 Å². The van der Waals surface area contributed by atoms with Gasteiger partial charge in [0.2, 0.25) is 5.95 Å². The van der Waals surface area contributed by atoms with Crippen LogP contribution in [0.5, 0.6) is 0 Å². The SMILES string of the molecule is Cc1cc(C)nc(NCCNc2ccc3ccccc3n2)n1. The molecule has 112 valence electrons. The van der Waals surface area contributed by atoms with Crippen molar-refractivity contribution in [3.05, 3.63) is 53.9 Å². The smallest absolute Gasteiger partial charge is 0.223 e. The van der Waals surface area contributed by atoms with Crippen LogP contribution in [0.4, 0.5) is 11.8 Å². The van der Waals surface area contributed by atoms with Crippen LogP contribution in [0.1, 0.15) is 11.4 Å². The highest BCUT2D eigenvalue weighted by Crippen LogP contribution is 2.14. The number of aryl methyl sites for hydroxylation is 2. The summed E-state index contributed by atoms with van der Waals surface area (Å²) in [4.78, 5) is 13.3. The number of para-hydroxylation sites is 1. The van der Waals surface area contributed by atoms with E-state index in [2.05, 4.69) is 37.7 Å². The van der Waals surface area contributed by atoms with E-state index in [0.717, 1.165) is 41.2 Å². The van der Waals surface area contributed by atoms with Gasteiger partial charge < -0.3 is 10.6 Å². The molecule has 0 aliphatic carbocycles. The first-order valence-corrected chi connectivity index (χ1v) is 7.36. The Morgan fingerprint density at radius 1 is 0.818 bits per heavy atom. The fourth-order valence-corrected chi connectivity index (χ4v) is 2.33. The van der Waals surface area contributed by atoms with Gasteiger partial charge in [0.25, 0.3) is 0 Å². The number of hydrogen-bond acceptors (Lipinski definition) is 5. The summed E-state index contributed by atoms with van der Waals surface area (Å²) >= 11 is 0. The Morgan fingerprint density at radius 3 is 2.36 bits per heavy atom. The Bertz CT molecular complexity index is 765. The minimum absolute atomic E-state index is 0.672. The molecule has 2 N–H and O–H groups in total. The van der Waals surface area contributed by atoms with E-state index in [1.54, 1.807) is 0 Å². The van der Waals surface area contributed by atoms with Crippen LogP contribution in [0, 0.1) is 13.8 Å². The highest BCUT2D eigenvalue weighted by molar-refractivity contribution is 5.80. The number of aromatic nitrogens is 3. The third-order valence-corrected chi connectivity index (χ3v) is 3.29. The molecule has 3 aromatic rings. The van der Waals surface area contributed by atoms with Crippen LogP contribution in [0.25, 0.3) is 10.9 Å². The lowest BCUT2D eigenvalue weighted by molar-refractivity contribution is 0.988. The Morgan fingerprint density at radius 2 is 1.55 bits per heavy atom. The zero-order chi connectivity index (χ0) is 15.4. The first kappa shape index (κ1) is 14.3. The van der Waals surface area contributed by atoms with Crippen molar-refractivity contribution in [1.82, 2.24) is 15.0 Å². The van der Waals surface area contributed by atoms with Gasteiger partial charge in [0.1, 0.15) is 5.82 Å². The second-order valence-electron chi connectivity index (χ2n) is 5.22. The molecular weight excluding hydrogens is 274 g/mol. The molecule has 0 bridgehead atoms. The molecule has 0 saturated carbocycles. The molecule has 2 aromatic heterocycles. The first-order valence-electron chi connectivity index (χ1n) is 7.36. The molecule has 0 spiro atoms. The summed E-state index contributed by atoms with van der Waals surface area (Å²) < 4.78 is 0. The fraction of sp³-hybridized carbons (Fsp3) is 0.235. The van der Waals surface area contributed by atoms with Gasteiger partial charge in [0, 0.05) is 29.9 Å². The van der Waals surface area contributed by atoms with Crippen molar-refractivity contribution in [3.8, 4) is 0 Å². The average Bonchev–Trinajstić information content (AvgIpc) is 2.50. The molecule has 22 heavy (non-hydrogen) atoms. The predicted molar refractivity (Wildman–Crippen MR) is 90.2 cm³/mol. The van der Waals surface area contributed by atoms with Gasteiger partial charge in [-0.3, -0.25) is 0 Å². The number of pyridine rings is 1. The molecule has 0 unspecified atom stereocenters. The van der Waals surface area contributed by atoms with Crippen LogP contribution in [-0.2, 0) is 0 Å². The standard InChI is InChI=1S/C17H19N5/c1-12-11-13(2)21-17(20-12)19-10-9-18-16-8-7-14-5-3-4-6-15(14)22-16/h3-8,11H,9-10H2,1-2H3,(H,18,22)(H,19,20,21). The Labute approximate surface area is 129 Å². The average molecular weight is 293 g/mol. The first-order chi connectivity index (χ1) is 10.7. The Balaban J connectivity index is 1.55. The monoisotopic (exact) mass is 293 g/mol. The van der Waals surface area contributed by atoms with E-state index in [9.17, 15) is 0 Å². The van der Waals surface area contributed by atoms with Crippen molar-refractivity contribution in [2.24, 2.45) is 0 Å². The minimum atomic E-state index is 0.672. The normalized spacial score (nSPS) is 10.6. The van der Waals surface area contributed by atoms with Gasteiger partial charge in [0.15, 0.2) is 0 Å². The summed E-state index contributed by atoms with van der Waals surface area (Å²) in [6, 6.07) is 14.1. The fourth-order valence-electron chi connectivity index (χ4n) is 2.33. The van der Waals surface area contributed by atoms with Crippen molar-refractivity contribution in [2.75, 3.05) is 23.7 Å². The summed E-state index contributed by atoms with van der Waals surface area (Å²) in [7, 11) is 0. The van der Waals surface area contributed by atoms with Gasteiger partial charge in [-0.2, -0.15) is 0 Å². The second kappa shape index (κ2) is 6.39. The summed E-state index contributed by atoms with van der Waals surface area (Å²) in [5.74, 6) is 1.55. The van der Waals surface area contributed by atoms with Gasteiger partial charge in [-0.15, -0.1) is 0 Å². The molecule has 5 nitrogen and oxygen atoms in total. The Hall–Kier alpha value is -2.69.